The van der Waals surface area contributed by atoms with Gasteiger partial charge in [0, 0.05) is 58.7 Å². The van der Waals surface area contributed by atoms with Crippen LogP contribution in [0.5, 0.6) is 0 Å². The van der Waals surface area contributed by atoms with E-state index in [9.17, 15) is 13.6 Å². The second-order valence-corrected chi connectivity index (χ2v) is 11.0. The van der Waals surface area contributed by atoms with Gasteiger partial charge in [0.2, 0.25) is 0 Å². The van der Waals surface area contributed by atoms with Gasteiger partial charge < -0.3 is 9.30 Å². The minimum Gasteiger partial charge on any atom is -0.381 e. The Bertz CT molecular complexity index is 2040. The monoisotopic (exact) mass is 572 g/mol. The third-order valence-electron chi connectivity index (χ3n) is 8.42. The predicted octanol–water partition coefficient (Wildman–Crippen LogP) is 4.85. The zero-order valence-corrected chi connectivity index (χ0v) is 23.8. The van der Waals surface area contributed by atoms with Crippen molar-refractivity contribution in [3.63, 3.8) is 0 Å². The maximum atomic E-state index is 14.6. The van der Waals surface area contributed by atoms with Crippen molar-refractivity contribution in [2.45, 2.75) is 25.2 Å². The van der Waals surface area contributed by atoms with Crippen LogP contribution in [-0.2, 0) is 32.9 Å². The van der Waals surface area contributed by atoms with Crippen LogP contribution in [-0.4, -0.2) is 51.2 Å². The van der Waals surface area contributed by atoms with E-state index >= 15 is 0 Å². The van der Waals surface area contributed by atoms with Gasteiger partial charge in [-0.25, -0.2) is 23.5 Å². The Morgan fingerprint density at radius 2 is 1.76 bits per heavy atom. The molecule has 0 radical (unpaired) electrons. The number of aromatic nitrogens is 8. The van der Waals surface area contributed by atoms with E-state index in [0.29, 0.717) is 41.2 Å². The highest BCUT2D eigenvalue weighted by Crippen LogP contribution is 2.40. The third kappa shape index (κ3) is 4.00. The molecule has 5 heterocycles. The number of halogens is 2. The van der Waals surface area contributed by atoms with E-state index in [4.69, 9.17) is 9.72 Å². The number of alkyl halides is 2. The van der Waals surface area contributed by atoms with Crippen LogP contribution in [0.15, 0.2) is 54.0 Å². The van der Waals surface area contributed by atoms with Crippen molar-refractivity contribution in [3.05, 3.63) is 70.8 Å². The molecule has 216 valence electrons. The molecule has 0 amide bonds. The van der Waals surface area contributed by atoms with E-state index in [1.807, 2.05) is 22.2 Å². The first kappa shape index (κ1) is 26.3. The molecule has 7 rings (SSSR count). The quantitative estimate of drug-likeness (QED) is 0.295. The molecule has 2 aromatic carbocycles. The molecule has 1 fully saturated rings. The largest absolute Gasteiger partial charge is 0.381 e. The molecule has 0 saturated carbocycles. The number of nitrogens with zero attached hydrogens (tertiary/aromatic N) is 8. The van der Waals surface area contributed by atoms with Crippen molar-refractivity contribution in [3.8, 4) is 28.3 Å². The summed E-state index contributed by atoms with van der Waals surface area (Å²) in [5.41, 5.74) is 5.97. The first-order valence-electron chi connectivity index (χ1n) is 13.8. The van der Waals surface area contributed by atoms with Gasteiger partial charge >= 0.3 is 5.69 Å². The molecular formula is C30H30F2N8O2. The molecule has 0 aliphatic carbocycles. The lowest BCUT2D eigenvalue weighted by Gasteiger charge is -2.24. The first-order chi connectivity index (χ1) is 20.2. The van der Waals surface area contributed by atoms with E-state index < -0.39 is 6.43 Å². The summed E-state index contributed by atoms with van der Waals surface area (Å²) in [6, 6.07) is 7.26. The fourth-order valence-corrected chi connectivity index (χ4v) is 6.26. The normalized spacial score (nSPS) is 14.6. The number of hydrogen-bond acceptors (Lipinski definition) is 5. The summed E-state index contributed by atoms with van der Waals surface area (Å²) >= 11 is 0. The van der Waals surface area contributed by atoms with Crippen LogP contribution in [0.25, 0.3) is 50.4 Å². The Kier molecular flexibility index (Phi) is 6.12. The maximum Gasteiger partial charge on any atom is 0.328 e. The van der Waals surface area contributed by atoms with Gasteiger partial charge in [-0.15, -0.1) is 0 Å². The Labute approximate surface area is 239 Å². The van der Waals surface area contributed by atoms with E-state index in [0.717, 1.165) is 40.8 Å². The summed E-state index contributed by atoms with van der Waals surface area (Å²) in [5.74, 6) is 0.740. The van der Waals surface area contributed by atoms with E-state index in [1.165, 1.54) is 6.07 Å². The Hall–Kier alpha value is -4.58. The zero-order valence-electron chi connectivity index (χ0n) is 23.8. The lowest BCUT2D eigenvalue weighted by atomic mass is 9.90. The molecule has 0 atom stereocenters. The molecule has 1 saturated heterocycles. The molecule has 0 unspecified atom stereocenters. The highest BCUT2D eigenvalue weighted by Gasteiger charge is 2.27. The van der Waals surface area contributed by atoms with Crippen LogP contribution < -0.4 is 5.69 Å². The summed E-state index contributed by atoms with van der Waals surface area (Å²) in [6.07, 6.45) is 5.62. The van der Waals surface area contributed by atoms with Gasteiger partial charge in [-0.05, 0) is 54.2 Å². The standard InChI is InChI=1S/C30H30F2N8O2/c1-36-16-33-14-26(36)29-35-23-11-20(18-13-34-37(2)15-18)22(28(31)32)12-24(23)40(29)19-9-21(17-5-7-42-8-6-17)27-25(10-19)38(3)30(41)39(27)4/h9-17,28H,5-8H2,1-4H3. The smallest absolute Gasteiger partial charge is 0.328 e. The number of hydrogen-bond donors (Lipinski definition) is 0. The van der Waals surface area contributed by atoms with Crippen LogP contribution in [0.4, 0.5) is 8.78 Å². The van der Waals surface area contributed by atoms with Crippen LogP contribution in [0, 0.1) is 0 Å². The highest BCUT2D eigenvalue weighted by molar-refractivity contribution is 5.90. The first-order valence-corrected chi connectivity index (χ1v) is 13.8. The highest BCUT2D eigenvalue weighted by atomic mass is 19.3. The van der Waals surface area contributed by atoms with Crippen LogP contribution in [0.3, 0.4) is 0 Å². The topological polar surface area (TPSA) is 89.6 Å². The third-order valence-corrected chi connectivity index (χ3v) is 8.42. The molecule has 1 aliphatic heterocycles. The second-order valence-electron chi connectivity index (χ2n) is 11.0. The van der Waals surface area contributed by atoms with Crippen molar-refractivity contribution in [2.24, 2.45) is 28.2 Å². The van der Waals surface area contributed by atoms with E-state index in [1.54, 1.807) is 65.9 Å². The summed E-state index contributed by atoms with van der Waals surface area (Å²) in [5, 5.41) is 4.19. The van der Waals surface area contributed by atoms with Crippen molar-refractivity contribution >= 4 is 22.1 Å². The van der Waals surface area contributed by atoms with E-state index in [2.05, 4.69) is 16.1 Å². The number of rotatable bonds is 5. The molecule has 12 heteroatoms. The molecule has 0 N–H and O–H groups in total. The fraction of sp³-hybridized carbons (Fsp3) is 0.333. The summed E-state index contributed by atoms with van der Waals surface area (Å²) in [6.45, 7) is 1.28. The summed E-state index contributed by atoms with van der Waals surface area (Å²) in [4.78, 5) is 22.4. The molecule has 6 aromatic rings. The minimum atomic E-state index is -2.72. The van der Waals surface area contributed by atoms with Crippen LogP contribution in [0.1, 0.15) is 36.3 Å². The Morgan fingerprint density at radius 3 is 2.43 bits per heavy atom. The number of imidazole rings is 3. The maximum absolute atomic E-state index is 14.6. The van der Waals surface area contributed by atoms with E-state index in [-0.39, 0.29) is 17.2 Å². The average molecular weight is 573 g/mol. The van der Waals surface area contributed by atoms with Crippen molar-refractivity contribution < 1.29 is 13.5 Å². The van der Waals surface area contributed by atoms with Crippen LogP contribution >= 0.6 is 0 Å². The predicted molar refractivity (Wildman–Crippen MR) is 155 cm³/mol. The molecule has 1 aliphatic rings. The average Bonchev–Trinajstić information content (AvgIpc) is 3.75. The van der Waals surface area contributed by atoms with Crippen molar-refractivity contribution in [1.29, 1.82) is 0 Å². The van der Waals surface area contributed by atoms with Gasteiger partial charge in [-0.3, -0.25) is 18.4 Å². The Balaban J connectivity index is 1.57. The summed E-state index contributed by atoms with van der Waals surface area (Å²) < 4.78 is 43.5. The van der Waals surface area contributed by atoms with Gasteiger partial charge in [0.1, 0.15) is 5.69 Å². The number of fused-ring (bicyclic) bond motifs is 2. The lowest BCUT2D eigenvalue weighted by molar-refractivity contribution is 0.0855. The molecule has 4 aromatic heterocycles. The number of benzene rings is 2. The van der Waals surface area contributed by atoms with Gasteiger partial charge in [0.25, 0.3) is 6.43 Å². The zero-order chi connectivity index (χ0) is 29.3. The van der Waals surface area contributed by atoms with Crippen molar-refractivity contribution in [1.82, 2.24) is 38.0 Å². The molecule has 42 heavy (non-hydrogen) atoms. The Morgan fingerprint density at radius 1 is 0.976 bits per heavy atom. The van der Waals surface area contributed by atoms with Crippen molar-refractivity contribution in [2.75, 3.05) is 13.2 Å². The number of ether oxygens (including phenoxy) is 1. The number of aryl methyl sites for hydroxylation is 4. The summed E-state index contributed by atoms with van der Waals surface area (Å²) in [7, 11) is 7.17. The molecule has 0 spiro atoms. The van der Waals surface area contributed by atoms with Gasteiger partial charge in [0.05, 0.1) is 46.5 Å². The lowest BCUT2D eigenvalue weighted by Crippen LogP contribution is -2.20. The SMILES string of the molecule is Cn1cc(-c2cc3nc(-c4cncn4C)n(-c4cc(C5CCOCC5)c5c(c4)n(C)c(=O)n5C)c3cc2C(F)F)cn1. The van der Waals surface area contributed by atoms with Crippen LogP contribution in [0.2, 0.25) is 0 Å². The fourth-order valence-electron chi connectivity index (χ4n) is 6.26. The second kappa shape index (κ2) is 9.76. The molecular weight excluding hydrogens is 542 g/mol. The molecule has 0 bridgehead atoms. The molecule has 10 nitrogen and oxygen atoms in total. The van der Waals surface area contributed by atoms with Gasteiger partial charge in [-0.1, -0.05) is 0 Å². The van der Waals surface area contributed by atoms with Gasteiger partial charge in [-0.2, -0.15) is 5.10 Å². The minimum absolute atomic E-state index is 0.106. The van der Waals surface area contributed by atoms with Gasteiger partial charge in [0.15, 0.2) is 5.82 Å².